The third kappa shape index (κ3) is 2.81. The van der Waals surface area contributed by atoms with E-state index in [4.69, 9.17) is 9.84 Å². The molecule has 1 N–H and O–H groups in total. The number of rotatable bonds is 5. The molecule has 1 aliphatic carbocycles. The molecule has 1 fully saturated rings. The lowest BCUT2D eigenvalue weighted by Crippen LogP contribution is -2.29. The summed E-state index contributed by atoms with van der Waals surface area (Å²) < 4.78 is 18.8. The van der Waals surface area contributed by atoms with E-state index in [9.17, 15) is 19.3 Å². The standard InChI is InChI=1S/C12H12FNO5/c1-6-4-10(8(13)5-9(6)14(17)18)19-11(12(15)16)7-2-3-7/h4-5,7,11H,2-3H2,1H3,(H,15,16). The van der Waals surface area contributed by atoms with Gasteiger partial charge in [0.1, 0.15) is 0 Å². The number of aryl methyl sites for hydroxylation is 1. The molecule has 19 heavy (non-hydrogen) atoms. The predicted molar refractivity (Wildman–Crippen MR) is 62.6 cm³/mol. The summed E-state index contributed by atoms with van der Waals surface area (Å²) in [5.41, 5.74) is -0.135. The van der Waals surface area contributed by atoms with Crippen molar-refractivity contribution in [2.24, 2.45) is 5.92 Å². The number of carbonyl (C=O) groups is 1. The molecular formula is C12H12FNO5. The first-order valence-electron chi connectivity index (χ1n) is 5.74. The van der Waals surface area contributed by atoms with Crippen molar-refractivity contribution in [3.8, 4) is 5.75 Å². The van der Waals surface area contributed by atoms with Crippen LogP contribution in [0, 0.1) is 28.8 Å². The van der Waals surface area contributed by atoms with Gasteiger partial charge in [-0.1, -0.05) is 0 Å². The Morgan fingerprint density at radius 1 is 1.58 bits per heavy atom. The maximum Gasteiger partial charge on any atom is 0.345 e. The molecule has 102 valence electrons. The molecular weight excluding hydrogens is 257 g/mol. The fourth-order valence-electron chi connectivity index (χ4n) is 1.82. The Morgan fingerprint density at radius 2 is 2.21 bits per heavy atom. The number of halogens is 1. The van der Waals surface area contributed by atoms with Crippen LogP contribution in [0.5, 0.6) is 5.75 Å². The number of ether oxygens (including phenoxy) is 1. The Hall–Kier alpha value is -2.18. The number of hydrogen-bond donors (Lipinski definition) is 1. The summed E-state index contributed by atoms with van der Waals surface area (Å²) in [4.78, 5) is 20.9. The first-order chi connectivity index (χ1) is 8.90. The van der Waals surface area contributed by atoms with Crippen LogP contribution < -0.4 is 4.74 Å². The molecule has 7 heteroatoms. The number of nitro benzene ring substituents is 1. The monoisotopic (exact) mass is 269 g/mol. The lowest BCUT2D eigenvalue weighted by Gasteiger charge is -2.15. The second-order valence-electron chi connectivity index (χ2n) is 4.54. The molecule has 0 heterocycles. The summed E-state index contributed by atoms with van der Waals surface area (Å²) >= 11 is 0. The van der Waals surface area contributed by atoms with Gasteiger partial charge in [-0.3, -0.25) is 10.1 Å². The minimum Gasteiger partial charge on any atom is -0.478 e. The van der Waals surface area contributed by atoms with E-state index in [1.54, 1.807) is 0 Å². The van der Waals surface area contributed by atoms with Gasteiger partial charge >= 0.3 is 5.97 Å². The van der Waals surface area contributed by atoms with Gasteiger partial charge in [0.05, 0.1) is 11.0 Å². The Balaban J connectivity index is 2.27. The van der Waals surface area contributed by atoms with Crippen LogP contribution in [0.2, 0.25) is 0 Å². The summed E-state index contributed by atoms with van der Waals surface area (Å²) in [5, 5.41) is 19.6. The number of benzene rings is 1. The van der Waals surface area contributed by atoms with Crippen LogP contribution in [-0.2, 0) is 4.79 Å². The topological polar surface area (TPSA) is 89.7 Å². The zero-order valence-electron chi connectivity index (χ0n) is 10.1. The summed E-state index contributed by atoms with van der Waals surface area (Å²) in [7, 11) is 0. The van der Waals surface area contributed by atoms with Crippen molar-refractivity contribution in [3.63, 3.8) is 0 Å². The van der Waals surface area contributed by atoms with Gasteiger partial charge < -0.3 is 9.84 Å². The maximum atomic E-state index is 13.7. The Morgan fingerprint density at radius 3 is 2.68 bits per heavy atom. The van der Waals surface area contributed by atoms with Crippen molar-refractivity contribution >= 4 is 11.7 Å². The van der Waals surface area contributed by atoms with Crippen LogP contribution in [-0.4, -0.2) is 22.1 Å². The van der Waals surface area contributed by atoms with Crippen LogP contribution in [0.15, 0.2) is 12.1 Å². The first-order valence-corrected chi connectivity index (χ1v) is 5.74. The molecule has 1 aliphatic rings. The number of carboxylic acid groups (broad SMARTS) is 1. The molecule has 0 bridgehead atoms. The molecule has 1 atom stereocenters. The molecule has 0 saturated heterocycles. The molecule has 1 aromatic carbocycles. The second kappa shape index (κ2) is 4.83. The number of hydrogen-bond acceptors (Lipinski definition) is 4. The first kappa shape index (κ1) is 13.3. The third-order valence-corrected chi connectivity index (χ3v) is 2.99. The van der Waals surface area contributed by atoms with Crippen molar-refractivity contribution in [2.45, 2.75) is 25.9 Å². The van der Waals surface area contributed by atoms with E-state index in [2.05, 4.69) is 0 Å². The largest absolute Gasteiger partial charge is 0.478 e. The van der Waals surface area contributed by atoms with E-state index >= 15 is 0 Å². The normalized spacial score (nSPS) is 15.9. The average molecular weight is 269 g/mol. The highest BCUT2D eigenvalue weighted by molar-refractivity contribution is 5.73. The molecule has 0 amide bonds. The molecule has 0 spiro atoms. The predicted octanol–water partition coefficient (Wildman–Crippen LogP) is 2.28. The van der Waals surface area contributed by atoms with Crippen LogP contribution in [0.4, 0.5) is 10.1 Å². The van der Waals surface area contributed by atoms with Crippen molar-refractivity contribution in [1.29, 1.82) is 0 Å². The molecule has 1 saturated carbocycles. The lowest BCUT2D eigenvalue weighted by molar-refractivity contribution is -0.385. The van der Waals surface area contributed by atoms with Gasteiger partial charge in [-0.05, 0) is 25.8 Å². The summed E-state index contributed by atoms with van der Waals surface area (Å²) in [6.45, 7) is 1.44. The highest BCUT2D eigenvalue weighted by Gasteiger charge is 2.38. The van der Waals surface area contributed by atoms with Gasteiger partial charge in [-0.2, -0.15) is 0 Å². The summed E-state index contributed by atoms with van der Waals surface area (Å²) in [6, 6.07) is 1.91. The SMILES string of the molecule is Cc1cc(OC(C(=O)O)C2CC2)c(F)cc1[N+](=O)[O-]. The smallest absolute Gasteiger partial charge is 0.345 e. The minimum atomic E-state index is -1.15. The maximum absolute atomic E-state index is 13.7. The number of carboxylic acids is 1. The molecule has 2 rings (SSSR count). The average Bonchev–Trinajstić information content (AvgIpc) is 3.12. The fourth-order valence-corrected chi connectivity index (χ4v) is 1.82. The second-order valence-corrected chi connectivity index (χ2v) is 4.54. The third-order valence-electron chi connectivity index (χ3n) is 2.99. The molecule has 1 aromatic rings. The molecule has 1 unspecified atom stereocenters. The van der Waals surface area contributed by atoms with Gasteiger partial charge in [-0.25, -0.2) is 9.18 Å². The van der Waals surface area contributed by atoms with E-state index in [1.165, 1.54) is 6.92 Å². The Labute approximate surface area is 108 Å². The molecule has 0 aliphatic heterocycles. The summed E-state index contributed by atoms with van der Waals surface area (Å²) in [6.07, 6.45) is 0.352. The van der Waals surface area contributed by atoms with Crippen LogP contribution in [0.3, 0.4) is 0 Å². The quantitative estimate of drug-likeness (QED) is 0.654. The van der Waals surface area contributed by atoms with Crippen molar-refractivity contribution < 1.29 is 24.0 Å². The van der Waals surface area contributed by atoms with E-state index in [-0.39, 0.29) is 22.9 Å². The zero-order valence-corrected chi connectivity index (χ0v) is 10.1. The van der Waals surface area contributed by atoms with E-state index in [0.29, 0.717) is 0 Å². The fraction of sp³-hybridized carbons (Fsp3) is 0.417. The number of aliphatic carboxylic acids is 1. The van der Waals surface area contributed by atoms with Crippen LogP contribution in [0.25, 0.3) is 0 Å². The van der Waals surface area contributed by atoms with E-state index < -0.39 is 22.8 Å². The molecule has 6 nitrogen and oxygen atoms in total. The van der Waals surface area contributed by atoms with Crippen molar-refractivity contribution in [1.82, 2.24) is 0 Å². The zero-order chi connectivity index (χ0) is 14.2. The van der Waals surface area contributed by atoms with Crippen molar-refractivity contribution in [3.05, 3.63) is 33.6 Å². The summed E-state index contributed by atoms with van der Waals surface area (Å²) in [5.74, 6) is -2.46. The van der Waals surface area contributed by atoms with Gasteiger partial charge in [-0.15, -0.1) is 0 Å². The Bertz CT molecular complexity index is 541. The highest BCUT2D eigenvalue weighted by Crippen LogP contribution is 2.36. The molecule has 0 aromatic heterocycles. The van der Waals surface area contributed by atoms with Gasteiger partial charge in [0.2, 0.25) is 0 Å². The van der Waals surface area contributed by atoms with Crippen LogP contribution >= 0.6 is 0 Å². The van der Waals surface area contributed by atoms with Gasteiger partial charge in [0.25, 0.3) is 5.69 Å². The minimum absolute atomic E-state index is 0.118. The van der Waals surface area contributed by atoms with Gasteiger partial charge in [0.15, 0.2) is 17.7 Å². The van der Waals surface area contributed by atoms with Crippen LogP contribution in [0.1, 0.15) is 18.4 Å². The van der Waals surface area contributed by atoms with Crippen molar-refractivity contribution in [2.75, 3.05) is 0 Å². The number of nitro groups is 1. The van der Waals surface area contributed by atoms with E-state index in [0.717, 1.165) is 25.0 Å². The van der Waals surface area contributed by atoms with Gasteiger partial charge in [0, 0.05) is 11.5 Å². The molecule has 0 radical (unpaired) electrons. The van der Waals surface area contributed by atoms with E-state index in [1.807, 2.05) is 0 Å². The Kier molecular flexibility index (Phi) is 3.37. The lowest BCUT2D eigenvalue weighted by atomic mass is 10.1. The number of nitrogens with zero attached hydrogens (tertiary/aromatic N) is 1. The highest BCUT2D eigenvalue weighted by atomic mass is 19.1.